The number of benzene rings is 2. The Kier molecular flexibility index (Phi) is 8.40. The fraction of sp³-hybridized carbons (Fsp3) is 0.400. The molecule has 184 valence electrons. The quantitative estimate of drug-likeness (QED) is 0.312. The first kappa shape index (κ1) is 29.6. The smallest absolute Gasteiger partial charge is 0.147 e. The molecule has 2 unspecified atom stereocenters. The van der Waals surface area contributed by atoms with Crippen molar-refractivity contribution in [3.05, 3.63) is 95.4 Å². The maximum Gasteiger partial charge on any atom is -0.147 e. The molecule has 0 amide bonds. The van der Waals surface area contributed by atoms with E-state index in [0.717, 1.165) is 0 Å². The maximum atomic E-state index is 2.73. The molecule has 0 radical (unpaired) electrons. The molecule has 2 atom stereocenters. The van der Waals surface area contributed by atoms with E-state index >= 15 is 0 Å². The van der Waals surface area contributed by atoms with Gasteiger partial charge in [-0.2, -0.15) is 0 Å². The predicted molar refractivity (Wildman–Crippen MR) is 157 cm³/mol. The van der Waals surface area contributed by atoms with E-state index in [1.165, 1.54) is 39.0 Å². The molecule has 0 saturated heterocycles. The number of hydrogen-bond donors (Lipinski definition) is 0. The zero-order valence-electron chi connectivity index (χ0n) is 22.6. The Morgan fingerprint density at radius 3 is 1.76 bits per heavy atom. The molecule has 34 heavy (non-hydrogen) atoms. The number of allylic oxidation sites excluding steroid dienone is 5. The van der Waals surface area contributed by atoms with Crippen LogP contribution in [0.3, 0.4) is 0 Å². The molecule has 0 N–H and O–H groups in total. The topological polar surface area (TPSA) is 0 Å². The van der Waals surface area contributed by atoms with Crippen LogP contribution in [-0.2, 0) is 17.4 Å². The molecule has 0 heterocycles. The van der Waals surface area contributed by atoms with Crippen molar-refractivity contribution in [2.45, 2.75) is 68.3 Å². The number of fused-ring (bicyclic) bond motifs is 1. The van der Waals surface area contributed by atoms with Gasteiger partial charge >= 0.3 is 199 Å². The second kappa shape index (κ2) is 9.66. The molecule has 2 aromatic rings. The second-order valence-corrected chi connectivity index (χ2v) is 41.1. The first-order chi connectivity index (χ1) is 14.8. The molecular formula is C30H42Cl2SiZr. The Morgan fingerprint density at radius 1 is 0.735 bits per heavy atom. The molecule has 0 fully saturated rings. The van der Waals surface area contributed by atoms with Crippen LogP contribution in [0.25, 0.3) is 5.57 Å². The summed E-state index contributed by atoms with van der Waals surface area (Å²) in [7, 11) is 0. The number of hydrogen-bond acceptors (Lipinski definition) is 0. The molecule has 0 bridgehead atoms. The van der Waals surface area contributed by atoms with Crippen molar-refractivity contribution in [2.75, 3.05) is 0 Å². The van der Waals surface area contributed by atoms with Gasteiger partial charge in [0.15, 0.2) is 0 Å². The van der Waals surface area contributed by atoms with Gasteiger partial charge in [0.2, 0.25) is 0 Å². The maximum absolute atomic E-state index is 3.42. The van der Waals surface area contributed by atoms with Gasteiger partial charge in [0.1, 0.15) is 0 Å². The van der Waals surface area contributed by atoms with Crippen LogP contribution in [0.5, 0.6) is 0 Å². The average molecular weight is 593 g/mol. The first-order valence-corrected chi connectivity index (χ1v) is 25.6. The van der Waals surface area contributed by atoms with E-state index in [0.29, 0.717) is 9.54 Å². The van der Waals surface area contributed by atoms with E-state index in [4.69, 9.17) is 0 Å². The molecule has 0 saturated carbocycles. The molecule has 4 rings (SSSR count). The van der Waals surface area contributed by atoms with Crippen LogP contribution >= 0.6 is 24.8 Å². The zero-order chi connectivity index (χ0) is 23.8. The van der Waals surface area contributed by atoms with Gasteiger partial charge in [0.05, 0.1) is 0 Å². The summed E-state index contributed by atoms with van der Waals surface area (Å²) in [4.78, 5) is 0. The largest absolute Gasteiger partial charge is 0.147 e. The minimum Gasteiger partial charge on any atom is -0.147 e. The summed E-state index contributed by atoms with van der Waals surface area (Å²) >= 11 is -3.42. The number of rotatable bonds is 3. The Morgan fingerprint density at radius 2 is 1.26 bits per heavy atom. The van der Waals surface area contributed by atoms with Gasteiger partial charge in [-0.3, -0.25) is 0 Å². The number of halogens is 2. The third-order valence-corrected chi connectivity index (χ3v) is 26.5. The minimum atomic E-state index is -3.42. The normalized spacial score (nSPS) is 20.1. The van der Waals surface area contributed by atoms with Crippen molar-refractivity contribution < 1.29 is 17.4 Å². The Bertz CT molecular complexity index is 1320. The van der Waals surface area contributed by atoms with E-state index in [-0.39, 0.29) is 24.8 Å². The van der Waals surface area contributed by atoms with Gasteiger partial charge in [-0.25, -0.2) is 0 Å². The van der Waals surface area contributed by atoms with Crippen molar-refractivity contribution in [1.29, 1.82) is 0 Å². The van der Waals surface area contributed by atoms with Crippen LogP contribution in [0.4, 0.5) is 0 Å². The fourth-order valence-corrected chi connectivity index (χ4v) is 25.4. The van der Waals surface area contributed by atoms with Gasteiger partial charge in [-0.05, 0) is 0 Å². The molecule has 0 spiro atoms. The molecule has 2 aliphatic carbocycles. The van der Waals surface area contributed by atoms with Gasteiger partial charge in [0, 0.05) is 0 Å². The molecule has 2 aliphatic rings. The van der Waals surface area contributed by atoms with Crippen LogP contribution in [0.2, 0.25) is 9.26 Å². The van der Waals surface area contributed by atoms with Crippen LogP contribution < -0.4 is 0 Å². The molecule has 0 aromatic heterocycles. The summed E-state index contributed by atoms with van der Waals surface area (Å²) < 4.78 is 7.83. The third-order valence-electron chi connectivity index (χ3n) is 9.26. The van der Waals surface area contributed by atoms with Gasteiger partial charge < -0.3 is 0 Å². The summed E-state index contributed by atoms with van der Waals surface area (Å²) in [5, 5.41) is 0. The van der Waals surface area contributed by atoms with Gasteiger partial charge in [0.25, 0.3) is 0 Å². The third kappa shape index (κ3) is 4.15. The van der Waals surface area contributed by atoms with Crippen LogP contribution in [0.15, 0.2) is 56.4 Å². The van der Waals surface area contributed by atoms with E-state index in [1.807, 2.05) is 3.28 Å². The van der Waals surface area contributed by atoms with E-state index in [2.05, 4.69) is 108 Å². The van der Waals surface area contributed by atoms with Crippen molar-refractivity contribution in [3.63, 3.8) is 0 Å². The second-order valence-electron chi connectivity index (χ2n) is 11.6. The molecule has 4 heteroatoms. The van der Waals surface area contributed by atoms with Crippen LogP contribution in [-0.4, -0.2) is 6.88 Å². The first-order valence-electron chi connectivity index (χ1n) is 12.1. The summed E-state index contributed by atoms with van der Waals surface area (Å²) in [5.74, 6) is 0.582. The van der Waals surface area contributed by atoms with Crippen molar-refractivity contribution in [2.24, 2.45) is 5.92 Å². The summed E-state index contributed by atoms with van der Waals surface area (Å²) in [6.07, 6.45) is 2.70. The minimum absolute atomic E-state index is 0. The Labute approximate surface area is 222 Å². The van der Waals surface area contributed by atoms with Crippen LogP contribution in [0, 0.1) is 33.6 Å². The molecular weight excluding hydrogens is 551 g/mol. The van der Waals surface area contributed by atoms with Crippen molar-refractivity contribution in [3.8, 4) is 0 Å². The average Bonchev–Trinajstić information content (AvgIpc) is 3.25. The standard InChI is InChI=1S/C19H19.C9H13.2CH3.2ClH.H2Si.Zr/c1-12-13(2)15(4)19-17(14(12)3)10-11-18(19)16-8-6-5-7-9-16;1-6-5-7(2)9(4)8(6)3;;;;;;/h5-11H,1-4H3;6H,1-4H3;2*1H3;2*1H;1H2;. The Balaban J connectivity index is 0.00000204. The van der Waals surface area contributed by atoms with Gasteiger partial charge in [-0.1, -0.05) is 0 Å². The zero-order valence-corrected chi connectivity index (χ0v) is 28.1. The van der Waals surface area contributed by atoms with Crippen molar-refractivity contribution in [1.82, 2.24) is 0 Å². The molecule has 0 aliphatic heterocycles. The molecule has 2 aromatic carbocycles. The Hall–Kier alpha value is -0.660. The van der Waals surface area contributed by atoms with Crippen LogP contribution in [0.1, 0.15) is 70.3 Å². The van der Waals surface area contributed by atoms with E-state index < -0.39 is 17.4 Å². The molecule has 0 nitrogen and oxygen atoms in total. The van der Waals surface area contributed by atoms with E-state index in [9.17, 15) is 0 Å². The summed E-state index contributed by atoms with van der Waals surface area (Å²) in [6.45, 7) is 21.4. The van der Waals surface area contributed by atoms with Gasteiger partial charge in [-0.15, -0.1) is 24.8 Å². The monoisotopic (exact) mass is 590 g/mol. The summed E-state index contributed by atoms with van der Waals surface area (Å²) in [5.41, 5.74) is 16.7. The predicted octanol–water partition coefficient (Wildman–Crippen LogP) is 8.84. The fourth-order valence-electron chi connectivity index (χ4n) is 6.86. The SMILES string of the molecule is CC1=C(C)C(C)[C]([Zr]([CH3])([CH3])(=[SiH2])[CH]2C=C(c3ccccc3)c3c(C)c(C)c(C)c(C)c32)=C1C.Cl.Cl. The summed E-state index contributed by atoms with van der Waals surface area (Å²) in [6, 6.07) is 11.1. The van der Waals surface area contributed by atoms with E-state index in [1.54, 1.807) is 22.3 Å². The van der Waals surface area contributed by atoms with Crippen molar-refractivity contribution >= 4 is 37.3 Å².